The van der Waals surface area contributed by atoms with Gasteiger partial charge in [0.1, 0.15) is 8.77 Å². The maximum atomic E-state index is 10.0. The number of nitrogens with one attached hydrogen (secondary N) is 1. The molecule has 0 amide bonds. The van der Waals surface area contributed by atoms with Crippen LogP contribution in [0.4, 0.5) is 0 Å². The summed E-state index contributed by atoms with van der Waals surface area (Å²) in [4.78, 5) is 0. The third-order valence-electron chi connectivity index (χ3n) is 0.360. The topological polar surface area (TPSA) is 61.1 Å². The molecule has 44 valence electrons. The summed E-state index contributed by atoms with van der Waals surface area (Å²) in [5.41, 5.74) is 6.45. The molecule has 0 rings (SSSR count). The summed E-state index contributed by atoms with van der Waals surface area (Å²) in [7, 11) is -3.03. The molecule has 0 aliphatic heterocycles. The van der Waals surface area contributed by atoms with Crippen molar-refractivity contribution >= 4 is 20.0 Å². The maximum absolute atomic E-state index is 10.0. The van der Waals surface area contributed by atoms with Crippen LogP contribution in [0, 0.1) is 0 Å². The van der Waals surface area contributed by atoms with Crippen LogP contribution in [0.15, 0.2) is 0 Å². The summed E-state index contributed by atoms with van der Waals surface area (Å²) in [6.07, 6.45) is 0. The Hall–Kier alpha value is 1.29. The Bertz CT molecular complexity index is 131. The van der Waals surface area contributed by atoms with E-state index in [9.17, 15) is 4.21 Å². The molecule has 0 aromatic heterocycles. The zero-order valence-electron chi connectivity index (χ0n) is 4.59. The van der Waals surface area contributed by atoms with E-state index in [4.69, 9.17) is 10.3 Å². The first-order valence-electron chi connectivity index (χ1n) is 1.66. The number of hydrogen-bond donors (Lipinski definition) is 1. The molecule has 8 heavy (non-hydrogen) atoms. The van der Waals surface area contributed by atoms with E-state index in [0.29, 0.717) is 0 Å². The molecule has 0 radical (unpaired) electrons. The first-order valence-corrected chi connectivity index (χ1v) is 4.27. The van der Waals surface area contributed by atoms with Crippen molar-refractivity contribution in [1.82, 2.24) is 0 Å². The summed E-state index contributed by atoms with van der Waals surface area (Å²) < 4.78 is 18.3. The minimum absolute atomic E-state index is 0. The smallest absolute Gasteiger partial charge is 0.677 e. The molecule has 0 fully saturated rings. The Morgan fingerprint density at radius 2 is 2.12 bits per heavy atom. The van der Waals surface area contributed by atoms with Gasteiger partial charge in [0, 0.05) is 16.9 Å². The predicted octanol–water partition coefficient (Wildman–Crippen LogP) is -2.74. The second-order valence-corrected chi connectivity index (χ2v) is 4.17. The van der Waals surface area contributed by atoms with Crippen molar-refractivity contribution in [3.63, 3.8) is 0 Å². The van der Waals surface area contributed by atoms with Gasteiger partial charge in [-0.2, -0.15) is 0 Å². The molecule has 2 N–H and O–H groups in total. The third-order valence-corrected chi connectivity index (χ3v) is 1.58. The fourth-order valence-corrected chi connectivity index (χ4v) is 0.637. The molecule has 0 aromatic rings. The van der Waals surface area contributed by atoms with Crippen molar-refractivity contribution in [2.75, 3.05) is 12.3 Å². The largest absolute Gasteiger partial charge is 1.00 e. The van der Waals surface area contributed by atoms with Gasteiger partial charge in [-0.05, 0) is 0 Å². The second kappa shape index (κ2) is 5.10. The molecular weight excluding hydrogens is 157 g/mol. The van der Waals surface area contributed by atoms with Crippen molar-refractivity contribution in [1.29, 1.82) is 0 Å². The molecule has 6 heteroatoms. The summed E-state index contributed by atoms with van der Waals surface area (Å²) in [6.45, 7) is -0.0706. The first kappa shape index (κ1) is 12.0. The zero-order chi connectivity index (χ0) is 5.91. The minimum atomic E-state index is -3.03. The number of hydrogen-bond acceptors (Lipinski definition) is 2. The minimum Gasteiger partial charge on any atom is -0.677 e. The van der Waals surface area contributed by atoms with Gasteiger partial charge in [0.25, 0.3) is 0 Å². The van der Waals surface area contributed by atoms with E-state index in [1.165, 1.54) is 0 Å². The fraction of sp³-hybridized carbons (Fsp3) is 1.00. The Labute approximate surface area is 75.8 Å². The van der Waals surface area contributed by atoms with Gasteiger partial charge in [0.15, 0.2) is 0 Å². The van der Waals surface area contributed by atoms with Crippen molar-refractivity contribution in [2.24, 2.45) is 0 Å². The molecule has 0 saturated carbocycles. The van der Waals surface area contributed by atoms with Gasteiger partial charge in [0.05, 0.1) is 0 Å². The normalized spacial score (nSPS) is 16.2. The van der Waals surface area contributed by atoms with Crippen molar-refractivity contribution in [2.45, 2.75) is 0 Å². The molecule has 0 saturated heterocycles. The number of rotatable bonds is 2. The summed E-state index contributed by atoms with van der Waals surface area (Å²) in [5, 5.41) is 0. The maximum Gasteiger partial charge on any atom is 1.00 e. The van der Waals surface area contributed by atoms with Crippen LogP contribution in [0.3, 0.4) is 0 Å². The molecule has 0 heterocycles. The molecule has 0 spiro atoms. The average Bonchev–Trinajstić information content (AvgIpc) is 1.30. The van der Waals surface area contributed by atoms with Crippen LogP contribution < -0.4 is 29.6 Å². The quantitative estimate of drug-likeness (QED) is 0.449. The van der Waals surface area contributed by atoms with E-state index >= 15 is 0 Å². The van der Waals surface area contributed by atoms with Crippen LogP contribution in [-0.2, 0) is 20.0 Å². The van der Waals surface area contributed by atoms with Gasteiger partial charge in [-0.1, -0.05) is 0 Å². The van der Waals surface area contributed by atoms with Crippen molar-refractivity contribution in [3.8, 4) is 0 Å². The van der Waals surface area contributed by atoms with Gasteiger partial charge in [-0.3, -0.25) is 0 Å². The standard InChI is InChI=1S/C2H6NO2S2.Na/c3-1-2-7(4,5)6;/h3H,1-2H2,(H,4,5,6);/q-1;+1. The fourth-order valence-electron chi connectivity index (χ4n) is 0.129. The average molecular weight is 163 g/mol. The monoisotopic (exact) mass is 163 g/mol. The molecule has 1 unspecified atom stereocenters. The Kier molecular flexibility index (Phi) is 7.67. The van der Waals surface area contributed by atoms with Gasteiger partial charge in [-0.25, -0.2) is 4.21 Å². The molecule has 0 aliphatic rings. The van der Waals surface area contributed by atoms with Gasteiger partial charge in [-0.15, -0.1) is 6.54 Å². The summed E-state index contributed by atoms with van der Waals surface area (Å²) in [5.74, 6) is -0.0949. The van der Waals surface area contributed by atoms with Gasteiger partial charge >= 0.3 is 29.6 Å². The Morgan fingerprint density at radius 3 is 2.12 bits per heavy atom. The van der Waals surface area contributed by atoms with E-state index < -0.39 is 8.77 Å². The van der Waals surface area contributed by atoms with E-state index in [-0.39, 0.29) is 41.9 Å². The molecule has 1 atom stereocenters. The molecular formula is C2H6NNaO2S2. The van der Waals surface area contributed by atoms with E-state index in [2.05, 4.69) is 11.2 Å². The van der Waals surface area contributed by atoms with Crippen molar-refractivity contribution < 1.29 is 38.3 Å². The molecule has 0 bridgehead atoms. The van der Waals surface area contributed by atoms with E-state index in [1.54, 1.807) is 0 Å². The van der Waals surface area contributed by atoms with Crippen LogP contribution in [-0.4, -0.2) is 21.1 Å². The van der Waals surface area contributed by atoms with Crippen LogP contribution >= 0.6 is 0 Å². The molecule has 0 aromatic carbocycles. The zero-order valence-corrected chi connectivity index (χ0v) is 8.22. The third kappa shape index (κ3) is 10.3. The van der Waals surface area contributed by atoms with Crippen molar-refractivity contribution in [3.05, 3.63) is 5.73 Å². The van der Waals surface area contributed by atoms with E-state index in [0.717, 1.165) is 0 Å². The molecule has 3 nitrogen and oxygen atoms in total. The Morgan fingerprint density at radius 1 is 1.75 bits per heavy atom. The second-order valence-electron chi connectivity index (χ2n) is 1.04. The van der Waals surface area contributed by atoms with Crippen LogP contribution in [0.1, 0.15) is 0 Å². The van der Waals surface area contributed by atoms with Crippen LogP contribution in [0.25, 0.3) is 5.73 Å². The van der Waals surface area contributed by atoms with Gasteiger partial charge in [0.2, 0.25) is 0 Å². The van der Waals surface area contributed by atoms with Crippen LogP contribution in [0.5, 0.6) is 0 Å². The Balaban J connectivity index is 0. The summed E-state index contributed by atoms with van der Waals surface area (Å²) in [6, 6.07) is 0. The van der Waals surface area contributed by atoms with Gasteiger partial charge < -0.3 is 10.3 Å². The first-order chi connectivity index (χ1) is 3.06. The van der Waals surface area contributed by atoms with Crippen LogP contribution in [0.2, 0.25) is 0 Å². The predicted molar refractivity (Wildman–Crippen MR) is 32.2 cm³/mol. The SMILES string of the molecule is [NH-]CCS(=O)(O)=S.[Na+]. The van der Waals surface area contributed by atoms with E-state index in [1.807, 2.05) is 0 Å². The molecule has 0 aliphatic carbocycles. The summed E-state index contributed by atoms with van der Waals surface area (Å²) >= 11 is 4.05.